The summed E-state index contributed by atoms with van der Waals surface area (Å²) in [4.78, 5) is 17.4. The van der Waals surface area contributed by atoms with Crippen molar-refractivity contribution in [1.82, 2.24) is 9.88 Å². The van der Waals surface area contributed by atoms with Gasteiger partial charge >= 0.3 is 0 Å². The lowest BCUT2D eigenvalue weighted by atomic mass is 10.0. The number of benzene rings is 1. The number of nitrogens with two attached hydrogens (primary N) is 1. The molecule has 3 N–H and O–H groups in total. The number of aromatic nitrogens is 1. The molecule has 0 aliphatic carbocycles. The Kier molecular flexibility index (Phi) is 5.25. The van der Waals surface area contributed by atoms with Gasteiger partial charge in [0.25, 0.3) is 0 Å². The molecule has 1 amide bonds. The molecular formula is C19H24N4O2. The van der Waals surface area contributed by atoms with E-state index in [-0.39, 0.29) is 11.9 Å². The van der Waals surface area contributed by atoms with E-state index in [0.717, 1.165) is 41.5 Å². The fraction of sp³-hybridized carbons (Fsp3) is 0.474. The quantitative estimate of drug-likeness (QED) is 0.844. The van der Waals surface area contributed by atoms with Crippen LogP contribution in [0.5, 0.6) is 5.75 Å². The predicted molar refractivity (Wildman–Crippen MR) is 96.1 cm³/mol. The monoisotopic (exact) mass is 340 g/mol. The molecule has 6 heteroatoms. The van der Waals surface area contributed by atoms with E-state index >= 15 is 0 Å². The van der Waals surface area contributed by atoms with Crippen molar-refractivity contribution in [3.8, 4) is 11.8 Å². The van der Waals surface area contributed by atoms with E-state index in [9.17, 15) is 4.79 Å². The molecule has 1 fully saturated rings. The van der Waals surface area contributed by atoms with Gasteiger partial charge < -0.3 is 20.4 Å². The van der Waals surface area contributed by atoms with Gasteiger partial charge in [-0.3, -0.25) is 4.79 Å². The van der Waals surface area contributed by atoms with Crippen LogP contribution < -0.4 is 10.5 Å². The van der Waals surface area contributed by atoms with Crippen molar-refractivity contribution in [2.75, 3.05) is 13.2 Å². The molecule has 25 heavy (non-hydrogen) atoms. The van der Waals surface area contributed by atoms with Gasteiger partial charge in [-0.1, -0.05) is 6.92 Å². The van der Waals surface area contributed by atoms with Crippen LogP contribution in [0.1, 0.15) is 31.7 Å². The minimum absolute atomic E-state index is 0.142. The average molecular weight is 340 g/mol. The second-order valence-electron chi connectivity index (χ2n) is 6.50. The fourth-order valence-electron chi connectivity index (χ4n) is 3.34. The lowest BCUT2D eigenvalue weighted by molar-refractivity contribution is -0.132. The number of carbonyl (C=O) groups excluding carboxylic acids is 1. The normalized spacial score (nSPS) is 18.3. The molecule has 0 radical (unpaired) electrons. The number of amides is 1. The third-order valence-corrected chi connectivity index (χ3v) is 4.65. The summed E-state index contributed by atoms with van der Waals surface area (Å²) in [5, 5.41) is 10.2. The third kappa shape index (κ3) is 3.62. The molecule has 132 valence electrons. The van der Waals surface area contributed by atoms with Crippen LogP contribution in [0.2, 0.25) is 0 Å². The Hall–Kier alpha value is -2.52. The van der Waals surface area contributed by atoms with Gasteiger partial charge in [-0.25, -0.2) is 0 Å². The van der Waals surface area contributed by atoms with E-state index in [1.54, 1.807) is 4.90 Å². The number of ether oxygens (including phenoxy) is 1. The molecule has 1 saturated heterocycles. The van der Waals surface area contributed by atoms with Gasteiger partial charge in [0.05, 0.1) is 18.7 Å². The number of carbonyl (C=O) groups is 1. The van der Waals surface area contributed by atoms with Gasteiger partial charge in [0, 0.05) is 23.6 Å². The third-order valence-electron chi connectivity index (χ3n) is 4.65. The highest BCUT2D eigenvalue weighted by atomic mass is 16.5. The maximum absolute atomic E-state index is 12.6. The maximum atomic E-state index is 12.6. The van der Waals surface area contributed by atoms with E-state index < -0.39 is 6.04 Å². The van der Waals surface area contributed by atoms with E-state index in [4.69, 9.17) is 15.7 Å². The molecular weight excluding hydrogens is 316 g/mol. The lowest BCUT2D eigenvalue weighted by Gasteiger charge is -2.23. The topological polar surface area (TPSA) is 95.1 Å². The highest BCUT2D eigenvalue weighted by Gasteiger charge is 2.31. The molecule has 2 heterocycles. The zero-order chi connectivity index (χ0) is 17.8. The van der Waals surface area contributed by atoms with Crippen molar-refractivity contribution in [3.05, 3.63) is 30.0 Å². The molecule has 1 aromatic carbocycles. The summed E-state index contributed by atoms with van der Waals surface area (Å²) in [6.45, 7) is 3.36. The summed E-state index contributed by atoms with van der Waals surface area (Å²) in [5.41, 5.74) is 8.15. The van der Waals surface area contributed by atoms with Gasteiger partial charge in [-0.15, -0.1) is 0 Å². The van der Waals surface area contributed by atoms with Crippen molar-refractivity contribution in [3.63, 3.8) is 0 Å². The number of likely N-dealkylation sites (tertiary alicyclic amines) is 1. The SMILES string of the molecule is CCCOc1ccc2[nH]cc(C[C@H](N)C(=O)N3CCC[C@H]3C#N)c2c1. The molecule has 0 spiro atoms. The van der Waals surface area contributed by atoms with E-state index in [2.05, 4.69) is 18.0 Å². The first-order chi connectivity index (χ1) is 12.1. The Morgan fingerprint density at radius 3 is 3.16 bits per heavy atom. The number of hydrogen-bond donors (Lipinski definition) is 2. The molecule has 2 atom stereocenters. The Bertz CT molecular complexity index is 792. The summed E-state index contributed by atoms with van der Waals surface area (Å²) in [7, 11) is 0. The maximum Gasteiger partial charge on any atom is 0.240 e. The highest BCUT2D eigenvalue weighted by Crippen LogP contribution is 2.25. The minimum atomic E-state index is -0.645. The van der Waals surface area contributed by atoms with Crippen LogP contribution in [-0.4, -0.2) is 41.0 Å². The molecule has 1 aliphatic heterocycles. The fourth-order valence-corrected chi connectivity index (χ4v) is 3.34. The number of nitriles is 1. The molecule has 6 nitrogen and oxygen atoms in total. The molecule has 2 aromatic rings. The Morgan fingerprint density at radius 2 is 2.40 bits per heavy atom. The lowest BCUT2D eigenvalue weighted by Crippen LogP contribution is -2.46. The standard InChI is InChI=1S/C19H24N4O2/c1-2-8-25-15-5-6-18-16(10-15)13(12-22-18)9-17(21)19(24)23-7-3-4-14(23)11-20/h5-6,10,12,14,17,22H,2-4,7-9,21H2,1H3/t14-,17-/m0/s1. The Balaban J connectivity index is 1.75. The van der Waals surface area contributed by atoms with Crippen LogP contribution in [0.3, 0.4) is 0 Å². The number of hydrogen-bond acceptors (Lipinski definition) is 4. The molecule has 1 aromatic heterocycles. The Morgan fingerprint density at radius 1 is 1.56 bits per heavy atom. The zero-order valence-corrected chi connectivity index (χ0v) is 14.5. The number of aromatic amines is 1. The summed E-state index contributed by atoms with van der Waals surface area (Å²) in [6, 6.07) is 7.11. The van der Waals surface area contributed by atoms with Gasteiger partial charge in [0.2, 0.25) is 5.91 Å². The first kappa shape index (κ1) is 17.3. The summed E-state index contributed by atoms with van der Waals surface area (Å²) in [5.74, 6) is 0.677. The summed E-state index contributed by atoms with van der Waals surface area (Å²) in [6.07, 6.45) is 4.88. The molecule has 0 unspecified atom stereocenters. The van der Waals surface area contributed by atoms with Gasteiger partial charge in [0.15, 0.2) is 0 Å². The van der Waals surface area contributed by atoms with Crippen LogP contribution in [0.4, 0.5) is 0 Å². The summed E-state index contributed by atoms with van der Waals surface area (Å²) < 4.78 is 5.69. The van der Waals surface area contributed by atoms with Crippen LogP contribution >= 0.6 is 0 Å². The first-order valence-corrected chi connectivity index (χ1v) is 8.82. The number of fused-ring (bicyclic) bond motifs is 1. The van der Waals surface area contributed by atoms with Gasteiger partial charge in [-0.05, 0) is 49.4 Å². The number of nitrogens with one attached hydrogen (secondary N) is 1. The van der Waals surface area contributed by atoms with Gasteiger partial charge in [-0.2, -0.15) is 5.26 Å². The van der Waals surface area contributed by atoms with Crippen molar-refractivity contribution in [2.24, 2.45) is 5.73 Å². The predicted octanol–water partition coefficient (Wildman–Crippen LogP) is 2.34. The number of nitrogens with zero attached hydrogens (tertiary/aromatic N) is 2. The van der Waals surface area contributed by atoms with Crippen molar-refractivity contribution in [2.45, 2.75) is 44.7 Å². The molecule has 0 bridgehead atoms. The van der Waals surface area contributed by atoms with E-state index in [1.807, 2.05) is 24.4 Å². The van der Waals surface area contributed by atoms with Crippen LogP contribution in [0.25, 0.3) is 10.9 Å². The number of rotatable bonds is 6. The van der Waals surface area contributed by atoms with E-state index in [1.165, 1.54) is 0 Å². The Labute approximate surface area is 147 Å². The van der Waals surface area contributed by atoms with Crippen LogP contribution in [0, 0.1) is 11.3 Å². The highest BCUT2D eigenvalue weighted by molar-refractivity contribution is 5.87. The van der Waals surface area contributed by atoms with Crippen LogP contribution in [0.15, 0.2) is 24.4 Å². The smallest absolute Gasteiger partial charge is 0.240 e. The van der Waals surface area contributed by atoms with Crippen LogP contribution in [-0.2, 0) is 11.2 Å². The first-order valence-electron chi connectivity index (χ1n) is 8.82. The molecule has 0 saturated carbocycles. The largest absolute Gasteiger partial charge is 0.494 e. The second-order valence-corrected chi connectivity index (χ2v) is 6.50. The molecule has 1 aliphatic rings. The summed E-state index contributed by atoms with van der Waals surface area (Å²) >= 11 is 0. The van der Waals surface area contributed by atoms with Crippen molar-refractivity contribution in [1.29, 1.82) is 5.26 Å². The average Bonchev–Trinajstić information content (AvgIpc) is 3.26. The zero-order valence-electron chi connectivity index (χ0n) is 14.5. The minimum Gasteiger partial charge on any atom is -0.494 e. The number of H-pyrrole nitrogens is 1. The molecule has 3 rings (SSSR count). The second kappa shape index (κ2) is 7.58. The van der Waals surface area contributed by atoms with Crippen molar-refractivity contribution < 1.29 is 9.53 Å². The van der Waals surface area contributed by atoms with Gasteiger partial charge in [0.1, 0.15) is 11.8 Å². The van der Waals surface area contributed by atoms with Crippen molar-refractivity contribution >= 4 is 16.8 Å². The van der Waals surface area contributed by atoms with E-state index in [0.29, 0.717) is 19.6 Å².